The van der Waals surface area contributed by atoms with E-state index in [2.05, 4.69) is 12.0 Å². The lowest BCUT2D eigenvalue weighted by Gasteiger charge is -2.12. The predicted molar refractivity (Wildman–Crippen MR) is 71.4 cm³/mol. The number of furan rings is 1. The second-order valence-electron chi connectivity index (χ2n) is 4.84. The highest BCUT2D eigenvalue weighted by Gasteiger charge is 2.18. The third-order valence-electron chi connectivity index (χ3n) is 3.62. The molecule has 0 aliphatic rings. The lowest BCUT2D eigenvalue weighted by atomic mass is 9.98. The molecule has 4 heteroatoms. The van der Waals surface area contributed by atoms with Crippen molar-refractivity contribution in [3.05, 3.63) is 40.6 Å². The molecule has 2 rings (SSSR count). The molecule has 0 saturated carbocycles. The molecule has 0 aliphatic heterocycles. The third-order valence-corrected chi connectivity index (χ3v) is 3.62. The zero-order valence-electron chi connectivity index (χ0n) is 11.5. The van der Waals surface area contributed by atoms with Crippen LogP contribution in [0.3, 0.4) is 0 Å². The van der Waals surface area contributed by atoms with E-state index < -0.39 is 0 Å². The number of aromatic nitrogens is 2. The number of rotatable bonds is 4. The van der Waals surface area contributed by atoms with Crippen LogP contribution in [-0.4, -0.2) is 9.78 Å². The Hall–Kier alpha value is -1.55. The van der Waals surface area contributed by atoms with Gasteiger partial charge in [0.2, 0.25) is 0 Å². The molecule has 0 aromatic carbocycles. The van der Waals surface area contributed by atoms with Crippen LogP contribution in [0.1, 0.15) is 40.8 Å². The molecule has 0 aliphatic carbocycles. The summed E-state index contributed by atoms with van der Waals surface area (Å²) in [4.78, 5) is 0. The summed E-state index contributed by atoms with van der Waals surface area (Å²) in [6.07, 6.45) is 3.65. The number of nitrogens with zero attached hydrogens (tertiary/aromatic N) is 2. The van der Waals surface area contributed by atoms with Crippen LogP contribution < -0.4 is 5.73 Å². The summed E-state index contributed by atoms with van der Waals surface area (Å²) >= 11 is 0. The van der Waals surface area contributed by atoms with Gasteiger partial charge in [0.15, 0.2) is 0 Å². The zero-order valence-corrected chi connectivity index (χ0v) is 11.5. The van der Waals surface area contributed by atoms with E-state index in [0.29, 0.717) is 0 Å². The SMILES string of the molecule is Cc1oc(C)c(C(N)CCc2ccnn2C)c1C. The van der Waals surface area contributed by atoms with E-state index in [0.717, 1.165) is 29.9 Å². The van der Waals surface area contributed by atoms with Crippen LogP contribution in [-0.2, 0) is 13.5 Å². The fourth-order valence-corrected chi connectivity index (χ4v) is 2.45. The molecule has 0 fully saturated rings. The van der Waals surface area contributed by atoms with Gasteiger partial charge in [-0.25, -0.2) is 0 Å². The van der Waals surface area contributed by atoms with Gasteiger partial charge in [-0.2, -0.15) is 5.10 Å². The van der Waals surface area contributed by atoms with Gasteiger partial charge < -0.3 is 10.2 Å². The van der Waals surface area contributed by atoms with Crippen LogP contribution in [0.5, 0.6) is 0 Å². The van der Waals surface area contributed by atoms with Gasteiger partial charge in [0.25, 0.3) is 0 Å². The average Bonchev–Trinajstić information content (AvgIpc) is 2.81. The van der Waals surface area contributed by atoms with E-state index >= 15 is 0 Å². The van der Waals surface area contributed by atoms with E-state index in [9.17, 15) is 0 Å². The van der Waals surface area contributed by atoms with Crippen LogP contribution in [0.4, 0.5) is 0 Å². The molecule has 2 heterocycles. The van der Waals surface area contributed by atoms with Crippen LogP contribution >= 0.6 is 0 Å². The first-order chi connectivity index (χ1) is 8.50. The maximum absolute atomic E-state index is 6.29. The number of nitrogens with two attached hydrogens (primary N) is 1. The van der Waals surface area contributed by atoms with Crippen LogP contribution in [0.25, 0.3) is 0 Å². The third kappa shape index (κ3) is 2.34. The van der Waals surface area contributed by atoms with E-state index in [-0.39, 0.29) is 6.04 Å². The van der Waals surface area contributed by atoms with Gasteiger partial charge in [-0.15, -0.1) is 0 Å². The highest BCUT2D eigenvalue weighted by molar-refractivity contribution is 5.34. The molecule has 2 N–H and O–H groups in total. The minimum Gasteiger partial charge on any atom is -0.466 e. The Kier molecular flexibility index (Phi) is 3.57. The Morgan fingerprint density at radius 3 is 2.56 bits per heavy atom. The normalized spacial score (nSPS) is 12.9. The summed E-state index contributed by atoms with van der Waals surface area (Å²) in [6, 6.07) is 2.06. The van der Waals surface area contributed by atoms with Gasteiger partial charge >= 0.3 is 0 Å². The fraction of sp³-hybridized carbons (Fsp3) is 0.500. The first-order valence-electron chi connectivity index (χ1n) is 6.29. The lowest BCUT2D eigenvalue weighted by molar-refractivity contribution is 0.493. The van der Waals surface area contributed by atoms with E-state index in [4.69, 9.17) is 10.2 Å². The molecule has 0 amide bonds. The first kappa shape index (κ1) is 12.9. The van der Waals surface area contributed by atoms with Crippen LogP contribution in [0.15, 0.2) is 16.7 Å². The maximum Gasteiger partial charge on any atom is 0.106 e. The Morgan fingerprint density at radius 2 is 2.06 bits per heavy atom. The highest BCUT2D eigenvalue weighted by atomic mass is 16.3. The van der Waals surface area contributed by atoms with E-state index in [1.54, 1.807) is 0 Å². The molecule has 0 spiro atoms. The van der Waals surface area contributed by atoms with Crippen molar-refractivity contribution in [2.24, 2.45) is 12.8 Å². The van der Waals surface area contributed by atoms with Gasteiger partial charge in [-0.05, 0) is 45.2 Å². The minimum absolute atomic E-state index is 0.0253. The summed E-state index contributed by atoms with van der Waals surface area (Å²) in [6.45, 7) is 6.05. The summed E-state index contributed by atoms with van der Waals surface area (Å²) in [5.74, 6) is 1.92. The Morgan fingerprint density at radius 1 is 1.33 bits per heavy atom. The van der Waals surface area contributed by atoms with Gasteiger partial charge in [0.1, 0.15) is 11.5 Å². The number of hydrogen-bond acceptors (Lipinski definition) is 3. The van der Waals surface area contributed by atoms with Gasteiger partial charge in [0, 0.05) is 30.5 Å². The van der Waals surface area contributed by atoms with Crippen molar-refractivity contribution in [1.29, 1.82) is 0 Å². The van der Waals surface area contributed by atoms with Gasteiger partial charge in [-0.1, -0.05) is 0 Å². The van der Waals surface area contributed by atoms with Crippen molar-refractivity contribution >= 4 is 0 Å². The summed E-state index contributed by atoms with van der Waals surface area (Å²) < 4.78 is 7.53. The average molecular weight is 247 g/mol. The molecule has 18 heavy (non-hydrogen) atoms. The van der Waals surface area contributed by atoms with E-state index in [1.807, 2.05) is 37.8 Å². The van der Waals surface area contributed by atoms with Crippen LogP contribution in [0, 0.1) is 20.8 Å². The molecular weight excluding hydrogens is 226 g/mol. The summed E-state index contributed by atoms with van der Waals surface area (Å²) in [5.41, 5.74) is 9.84. The topological polar surface area (TPSA) is 57.0 Å². The van der Waals surface area contributed by atoms with Crippen molar-refractivity contribution in [3.63, 3.8) is 0 Å². The Balaban J connectivity index is 2.08. The van der Waals surface area contributed by atoms with Gasteiger partial charge in [0.05, 0.1) is 0 Å². The second-order valence-corrected chi connectivity index (χ2v) is 4.84. The minimum atomic E-state index is 0.0253. The van der Waals surface area contributed by atoms with Crippen molar-refractivity contribution in [2.75, 3.05) is 0 Å². The predicted octanol–water partition coefficient (Wildman–Crippen LogP) is 2.57. The number of hydrogen-bond donors (Lipinski definition) is 1. The molecule has 1 unspecified atom stereocenters. The molecule has 0 saturated heterocycles. The zero-order chi connectivity index (χ0) is 13.3. The van der Waals surface area contributed by atoms with Crippen molar-refractivity contribution < 1.29 is 4.42 Å². The maximum atomic E-state index is 6.29. The highest BCUT2D eigenvalue weighted by Crippen LogP contribution is 2.28. The van der Waals surface area contributed by atoms with Gasteiger partial charge in [-0.3, -0.25) is 4.68 Å². The smallest absolute Gasteiger partial charge is 0.106 e. The molecule has 98 valence electrons. The van der Waals surface area contributed by atoms with Crippen molar-refractivity contribution in [1.82, 2.24) is 9.78 Å². The Labute approximate surface area is 108 Å². The van der Waals surface area contributed by atoms with E-state index in [1.165, 1.54) is 11.3 Å². The fourth-order valence-electron chi connectivity index (χ4n) is 2.45. The largest absolute Gasteiger partial charge is 0.466 e. The quantitative estimate of drug-likeness (QED) is 0.903. The summed E-state index contributed by atoms with van der Waals surface area (Å²) in [7, 11) is 1.96. The molecule has 2 aromatic heterocycles. The number of aryl methyl sites for hydroxylation is 4. The first-order valence-corrected chi connectivity index (χ1v) is 6.29. The monoisotopic (exact) mass is 247 g/mol. The molecule has 1 atom stereocenters. The standard InChI is InChI=1S/C14H21N3O/c1-9-10(2)18-11(3)14(9)13(15)6-5-12-7-8-16-17(12)4/h7-8,13H,5-6,15H2,1-4H3. The second kappa shape index (κ2) is 4.98. The Bertz CT molecular complexity index is 539. The molecular formula is C14H21N3O. The molecule has 0 radical (unpaired) electrons. The molecule has 0 bridgehead atoms. The molecule has 4 nitrogen and oxygen atoms in total. The van der Waals surface area contributed by atoms with Crippen LogP contribution in [0.2, 0.25) is 0 Å². The molecule has 2 aromatic rings. The van der Waals surface area contributed by atoms with Crippen molar-refractivity contribution in [3.8, 4) is 0 Å². The summed E-state index contributed by atoms with van der Waals surface area (Å²) in [5, 5.41) is 4.16. The lowest BCUT2D eigenvalue weighted by Crippen LogP contribution is -2.14. The van der Waals surface area contributed by atoms with Crippen molar-refractivity contribution in [2.45, 2.75) is 39.7 Å².